The molecular formula is C17H22N2O6Si. The second-order valence-electron chi connectivity index (χ2n) is 8.31. The topological polar surface area (TPSA) is 113 Å². The van der Waals surface area contributed by atoms with E-state index in [9.17, 15) is 25.0 Å². The quantitative estimate of drug-likeness (QED) is 0.329. The Labute approximate surface area is 151 Å². The number of nitro groups is 2. The molecule has 1 aromatic carbocycles. The van der Waals surface area contributed by atoms with E-state index < -0.39 is 35.3 Å². The van der Waals surface area contributed by atoms with Crippen LogP contribution in [-0.4, -0.2) is 30.0 Å². The van der Waals surface area contributed by atoms with Crippen LogP contribution in [0, 0.1) is 32.1 Å². The first-order valence-corrected chi connectivity index (χ1v) is 12.3. The van der Waals surface area contributed by atoms with E-state index in [0.717, 1.165) is 37.5 Å². The van der Waals surface area contributed by atoms with Crippen molar-refractivity contribution in [3.63, 3.8) is 0 Å². The van der Waals surface area contributed by atoms with Gasteiger partial charge in [-0.1, -0.05) is 19.6 Å². The van der Waals surface area contributed by atoms with Gasteiger partial charge >= 0.3 is 5.97 Å². The van der Waals surface area contributed by atoms with E-state index in [-0.39, 0.29) is 11.7 Å². The minimum Gasteiger partial charge on any atom is -0.458 e. The number of hydrogen-bond donors (Lipinski definition) is 0. The van der Waals surface area contributed by atoms with E-state index in [1.165, 1.54) is 0 Å². The van der Waals surface area contributed by atoms with Crippen LogP contribution < -0.4 is 0 Å². The number of carbonyl (C=O) groups is 1. The maximum Gasteiger partial charge on any atom is 0.345 e. The Morgan fingerprint density at radius 2 is 1.77 bits per heavy atom. The third-order valence-electron chi connectivity index (χ3n) is 5.69. The van der Waals surface area contributed by atoms with Gasteiger partial charge < -0.3 is 4.74 Å². The number of nitro benzene ring substituents is 2. The van der Waals surface area contributed by atoms with E-state index in [1.54, 1.807) is 0 Å². The molecule has 0 heterocycles. The van der Waals surface area contributed by atoms with Gasteiger partial charge in [-0.15, -0.1) is 0 Å². The Bertz CT molecular complexity index is 775. The van der Waals surface area contributed by atoms with Gasteiger partial charge in [0.2, 0.25) is 0 Å². The number of non-ortho nitro benzene ring substituents is 1. The molecule has 0 N–H and O–H groups in total. The fourth-order valence-corrected chi connectivity index (χ4v) is 7.80. The summed E-state index contributed by atoms with van der Waals surface area (Å²) in [6.45, 7) is 6.77. The standard InChI is InChI=1S/C17H22N2O6Si/c1-26(2,3)16-11-5-4-10(8-11)15(16)25-17(20)13-7-6-12(18(21)22)9-14(13)19(23)24/h6-7,9-11,15-16H,4-5,8H2,1-3H3/t10-,11+,15-,16+/m1/s1. The molecule has 0 spiro atoms. The SMILES string of the molecule is C[Si](C)(C)[C@H]1[C@H]2CC[C@H](C2)[C@H]1OC(=O)c1ccc([N+](=O)[O-])cc1[N+](=O)[O-]. The Kier molecular flexibility index (Phi) is 4.59. The fourth-order valence-electron chi connectivity index (χ4n) is 4.75. The zero-order valence-electron chi connectivity index (χ0n) is 15.0. The van der Waals surface area contributed by atoms with Gasteiger partial charge in [-0.25, -0.2) is 4.79 Å². The lowest BCUT2D eigenvalue weighted by Crippen LogP contribution is -2.42. The summed E-state index contributed by atoms with van der Waals surface area (Å²) in [5.74, 6) is 0.126. The molecule has 8 nitrogen and oxygen atoms in total. The van der Waals surface area contributed by atoms with Crippen LogP contribution in [-0.2, 0) is 4.74 Å². The maximum atomic E-state index is 12.7. The maximum absolute atomic E-state index is 12.7. The first-order chi connectivity index (χ1) is 12.1. The van der Waals surface area contributed by atoms with Crippen molar-refractivity contribution < 1.29 is 19.4 Å². The van der Waals surface area contributed by atoms with Gasteiger partial charge in [0.15, 0.2) is 0 Å². The minimum absolute atomic E-state index is 0.206. The predicted molar refractivity (Wildman–Crippen MR) is 96.9 cm³/mol. The summed E-state index contributed by atoms with van der Waals surface area (Å²) >= 11 is 0. The molecule has 0 aromatic heterocycles. The van der Waals surface area contributed by atoms with Gasteiger partial charge in [0.05, 0.1) is 24.0 Å². The smallest absolute Gasteiger partial charge is 0.345 e. The number of benzene rings is 1. The van der Waals surface area contributed by atoms with Gasteiger partial charge in [-0.05, 0) is 42.7 Å². The number of ether oxygens (including phenoxy) is 1. The van der Waals surface area contributed by atoms with Crippen LogP contribution in [0.15, 0.2) is 18.2 Å². The molecule has 2 fully saturated rings. The average molecular weight is 378 g/mol. The summed E-state index contributed by atoms with van der Waals surface area (Å²) in [4.78, 5) is 33.3. The van der Waals surface area contributed by atoms with Crippen molar-refractivity contribution in [3.05, 3.63) is 44.0 Å². The Morgan fingerprint density at radius 3 is 2.35 bits per heavy atom. The van der Waals surface area contributed by atoms with Crippen LogP contribution in [0.3, 0.4) is 0 Å². The van der Waals surface area contributed by atoms with Crippen molar-refractivity contribution in [1.82, 2.24) is 0 Å². The molecule has 1 aromatic rings. The third kappa shape index (κ3) is 3.23. The lowest BCUT2D eigenvalue weighted by atomic mass is 9.96. The molecule has 3 rings (SSSR count). The van der Waals surface area contributed by atoms with Crippen LogP contribution in [0.2, 0.25) is 25.2 Å². The molecule has 0 saturated heterocycles. The lowest BCUT2D eigenvalue weighted by molar-refractivity contribution is -0.394. The highest BCUT2D eigenvalue weighted by molar-refractivity contribution is 6.77. The van der Waals surface area contributed by atoms with E-state index in [2.05, 4.69) is 19.6 Å². The summed E-state index contributed by atoms with van der Waals surface area (Å²) in [6, 6.07) is 3.03. The number of carbonyl (C=O) groups excluding carboxylic acids is 1. The van der Waals surface area contributed by atoms with Gasteiger partial charge in [0.1, 0.15) is 11.7 Å². The average Bonchev–Trinajstić information content (AvgIpc) is 3.14. The number of nitrogens with zero attached hydrogens (tertiary/aromatic N) is 2. The predicted octanol–water partition coefficient (Wildman–Crippen LogP) is 4.17. The molecule has 0 aliphatic heterocycles. The Hall–Kier alpha value is -2.29. The molecule has 2 aliphatic rings. The molecule has 140 valence electrons. The summed E-state index contributed by atoms with van der Waals surface area (Å²) in [5, 5.41) is 22.1. The van der Waals surface area contributed by atoms with E-state index >= 15 is 0 Å². The molecular weight excluding hydrogens is 356 g/mol. The van der Waals surface area contributed by atoms with Crippen molar-refractivity contribution >= 4 is 25.4 Å². The van der Waals surface area contributed by atoms with Gasteiger partial charge in [-0.3, -0.25) is 20.2 Å². The van der Waals surface area contributed by atoms with Crippen LogP contribution in [0.5, 0.6) is 0 Å². The Balaban J connectivity index is 1.88. The molecule has 26 heavy (non-hydrogen) atoms. The van der Waals surface area contributed by atoms with E-state index in [0.29, 0.717) is 17.4 Å². The van der Waals surface area contributed by atoms with Gasteiger partial charge in [-0.2, -0.15) is 0 Å². The van der Waals surface area contributed by atoms with Crippen LogP contribution >= 0.6 is 0 Å². The molecule has 9 heteroatoms. The number of fused-ring (bicyclic) bond motifs is 2. The molecule has 2 aliphatic carbocycles. The number of rotatable bonds is 5. The zero-order chi connectivity index (χ0) is 19.2. The molecule has 2 saturated carbocycles. The minimum atomic E-state index is -1.57. The normalized spacial score (nSPS) is 27.3. The van der Waals surface area contributed by atoms with Gasteiger partial charge in [0, 0.05) is 6.07 Å². The van der Waals surface area contributed by atoms with Crippen molar-refractivity contribution in [2.45, 2.75) is 50.5 Å². The second-order valence-corrected chi connectivity index (χ2v) is 13.7. The van der Waals surface area contributed by atoms with Crippen LogP contribution in [0.1, 0.15) is 29.6 Å². The first kappa shape index (κ1) is 18.5. The summed E-state index contributed by atoms with van der Waals surface area (Å²) in [5.41, 5.74) is -0.884. The Morgan fingerprint density at radius 1 is 1.12 bits per heavy atom. The molecule has 2 bridgehead atoms. The van der Waals surface area contributed by atoms with Crippen molar-refractivity contribution in [2.24, 2.45) is 11.8 Å². The number of esters is 1. The summed E-state index contributed by atoms with van der Waals surface area (Å²) in [6.07, 6.45) is 3.02. The van der Waals surface area contributed by atoms with E-state index in [1.807, 2.05) is 0 Å². The van der Waals surface area contributed by atoms with E-state index in [4.69, 9.17) is 4.74 Å². The first-order valence-electron chi connectivity index (χ1n) is 8.73. The molecule has 0 amide bonds. The van der Waals surface area contributed by atoms with Crippen LogP contribution in [0.4, 0.5) is 11.4 Å². The highest BCUT2D eigenvalue weighted by Crippen LogP contribution is 2.56. The fraction of sp³-hybridized carbons (Fsp3) is 0.588. The molecule has 4 atom stereocenters. The highest BCUT2D eigenvalue weighted by atomic mass is 28.3. The largest absolute Gasteiger partial charge is 0.458 e. The molecule has 0 unspecified atom stereocenters. The number of hydrogen-bond acceptors (Lipinski definition) is 6. The monoisotopic (exact) mass is 378 g/mol. The van der Waals surface area contributed by atoms with Gasteiger partial charge in [0.25, 0.3) is 11.4 Å². The zero-order valence-corrected chi connectivity index (χ0v) is 16.0. The highest BCUT2D eigenvalue weighted by Gasteiger charge is 2.54. The third-order valence-corrected chi connectivity index (χ3v) is 8.49. The van der Waals surface area contributed by atoms with Crippen molar-refractivity contribution in [3.8, 4) is 0 Å². The summed E-state index contributed by atoms with van der Waals surface area (Å²) < 4.78 is 5.78. The second kappa shape index (κ2) is 6.46. The summed E-state index contributed by atoms with van der Waals surface area (Å²) in [7, 11) is -1.57. The lowest BCUT2D eigenvalue weighted by Gasteiger charge is -2.38. The van der Waals surface area contributed by atoms with Crippen molar-refractivity contribution in [2.75, 3.05) is 0 Å². The van der Waals surface area contributed by atoms with Crippen LogP contribution in [0.25, 0.3) is 0 Å². The van der Waals surface area contributed by atoms with Crippen molar-refractivity contribution in [1.29, 1.82) is 0 Å². The molecule has 0 radical (unpaired) electrons.